The first-order valence-electron chi connectivity index (χ1n) is 8.95. The van der Waals surface area contributed by atoms with E-state index in [1.807, 2.05) is 30.5 Å². The Bertz CT molecular complexity index is 688. The topological polar surface area (TPSA) is 66.5 Å². The number of carbonyl (C=O) groups excluding carboxylic acids is 3. The van der Waals surface area contributed by atoms with Crippen LogP contribution in [0, 0.1) is 15.4 Å². The summed E-state index contributed by atoms with van der Waals surface area (Å²) < 4.78 is 1.01. The third-order valence-corrected chi connectivity index (χ3v) is 6.49. The van der Waals surface area contributed by atoms with Gasteiger partial charge in [-0.05, 0) is 72.1 Å². The molecule has 7 heteroatoms. The van der Waals surface area contributed by atoms with E-state index in [1.54, 1.807) is 11.8 Å². The summed E-state index contributed by atoms with van der Waals surface area (Å²) in [6, 6.07) is 6.77. The largest absolute Gasteiger partial charge is 0.324 e. The minimum Gasteiger partial charge on any atom is -0.324 e. The minimum absolute atomic E-state index is 0.149. The van der Waals surface area contributed by atoms with Crippen LogP contribution in [0.15, 0.2) is 24.3 Å². The average Bonchev–Trinajstić information content (AvgIpc) is 2.87. The van der Waals surface area contributed by atoms with Gasteiger partial charge < -0.3 is 5.32 Å². The molecule has 26 heavy (non-hydrogen) atoms. The highest BCUT2D eigenvalue weighted by Crippen LogP contribution is 2.39. The van der Waals surface area contributed by atoms with Crippen molar-refractivity contribution in [3.05, 3.63) is 27.8 Å². The van der Waals surface area contributed by atoms with E-state index in [2.05, 4.69) is 27.9 Å². The van der Waals surface area contributed by atoms with E-state index in [0.29, 0.717) is 12.1 Å². The van der Waals surface area contributed by atoms with Gasteiger partial charge in [-0.2, -0.15) is 11.8 Å². The molecule has 3 unspecified atom stereocenters. The summed E-state index contributed by atoms with van der Waals surface area (Å²) in [6.45, 7) is 0. The van der Waals surface area contributed by atoms with Crippen LogP contribution >= 0.6 is 34.4 Å². The Hall–Kier alpha value is -1.09. The van der Waals surface area contributed by atoms with Crippen LogP contribution in [0.3, 0.4) is 0 Å². The summed E-state index contributed by atoms with van der Waals surface area (Å²) in [5, 5.41) is 2.89. The molecule has 140 valence electrons. The lowest BCUT2D eigenvalue weighted by Crippen LogP contribution is -2.48. The first-order valence-corrected chi connectivity index (χ1v) is 11.4. The fraction of sp³-hybridized carbons (Fsp3) is 0.526. The molecule has 2 aliphatic rings. The van der Waals surface area contributed by atoms with E-state index < -0.39 is 6.04 Å². The summed E-state index contributed by atoms with van der Waals surface area (Å²) in [4.78, 5) is 40.0. The molecule has 0 aromatic heterocycles. The number of imide groups is 1. The molecule has 1 aromatic rings. The summed E-state index contributed by atoms with van der Waals surface area (Å²) in [5.41, 5.74) is 0.688. The Morgan fingerprint density at radius 2 is 1.92 bits per heavy atom. The number of nitrogens with one attached hydrogen (secondary N) is 1. The van der Waals surface area contributed by atoms with Gasteiger partial charge in [0, 0.05) is 9.26 Å². The number of fused-ring (bicyclic) bond motifs is 1. The van der Waals surface area contributed by atoms with Gasteiger partial charge >= 0.3 is 0 Å². The van der Waals surface area contributed by atoms with Crippen molar-refractivity contribution < 1.29 is 14.4 Å². The third kappa shape index (κ3) is 4.08. The molecule has 0 spiro atoms. The zero-order valence-electron chi connectivity index (χ0n) is 14.7. The summed E-state index contributed by atoms with van der Waals surface area (Å²) in [7, 11) is 0. The van der Waals surface area contributed by atoms with Crippen molar-refractivity contribution in [3.63, 3.8) is 0 Å². The molecule has 1 aliphatic carbocycles. The van der Waals surface area contributed by atoms with E-state index >= 15 is 0 Å². The van der Waals surface area contributed by atoms with Crippen LogP contribution in [0.1, 0.15) is 32.1 Å². The predicted octanol–water partition coefficient (Wildman–Crippen LogP) is 3.53. The van der Waals surface area contributed by atoms with Crippen LogP contribution in [-0.2, 0) is 14.4 Å². The van der Waals surface area contributed by atoms with E-state index in [9.17, 15) is 14.4 Å². The third-order valence-electron chi connectivity index (χ3n) is 5.18. The second kappa shape index (κ2) is 8.73. The van der Waals surface area contributed by atoms with Gasteiger partial charge in [0.1, 0.15) is 6.04 Å². The first kappa shape index (κ1) is 19.7. The quantitative estimate of drug-likeness (QED) is 0.494. The Balaban J connectivity index is 1.81. The maximum absolute atomic E-state index is 12.9. The monoisotopic (exact) mass is 486 g/mol. The minimum atomic E-state index is -0.731. The number of hydrogen-bond acceptors (Lipinski definition) is 4. The lowest BCUT2D eigenvalue weighted by Gasteiger charge is -2.26. The van der Waals surface area contributed by atoms with Gasteiger partial charge in [-0.1, -0.05) is 18.9 Å². The van der Waals surface area contributed by atoms with Crippen molar-refractivity contribution in [2.24, 2.45) is 11.8 Å². The van der Waals surface area contributed by atoms with Gasteiger partial charge in [-0.3, -0.25) is 19.3 Å². The summed E-state index contributed by atoms with van der Waals surface area (Å²) in [5.74, 6) is -0.304. The van der Waals surface area contributed by atoms with E-state index in [-0.39, 0.29) is 29.6 Å². The molecule has 0 radical (unpaired) electrons. The maximum Gasteiger partial charge on any atom is 0.247 e. The molecule has 2 fully saturated rings. The molecule has 3 rings (SSSR count). The number of likely N-dealkylation sites (tertiary alicyclic amines) is 1. The second-order valence-electron chi connectivity index (χ2n) is 6.84. The van der Waals surface area contributed by atoms with Crippen LogP contribution in [0.5, 0.6) is 0 Å². The molecule has 1 saturated heterocycles. The molecule has 3 atom stereocenters. The molecule has 1 aromatic carbocycles. The number of rotatable bonds is 6. The van der Waals surface area contributed by atoms with Crippen LogP contribution in [0.2, 0.25) is 0 Å². The number of thioether (sulfide) groups is 1. The predicted molar refractivity (Wildman–Crippen MR) is 112 cm³/mol. The van der Waals surface area contributed by atoms with Gasteiger partial charge in [0.25, 0.3) is 0 Å². The zero-order valence-corrected chi connectivity index (χ0v) is 17.7. The molecular weight excluding hydrogens is 463 g/mol. The molecular formula is C19H23IN2O3S. The fourth-order valence-electron chi connectivity index (χ4n) is 3.89. The molecule has 0 bridgehead atoms. The lowest BCUT2D eigenvalue weighted by molar-refractivity contribution is -0.146. The molecule has 1 heterocycles. The van der Waals surface area contributed by atoms with E-state index in [0.717, 1.165) is 35.0 Å². The number of nitrogens with zero attached hydrogens (tertiary/aromatic N) is 1. The average molecular weight is 486 g/mol. The number of carbonyl (C=O) groups is 3. The Morgan fingerprint density at radius 1 is 1.27 bits per heavy atom. The van der Waals surface area contributed by atoms with Crippen molar-refractivity contribution in [2.75, 3.05) is 17.3 Å². The molecule has 1 N–H and O–H groups in total. The van der Waals surface area contributed by atoms with Crippen molar-refractivity contribution in [3.8, 4) is 0 Å². The van der Waals surface area contributed by atoms with Gasteiger partial charge in [0.2, 0.25) is 17.7 Å². The standard InChI is InChI=1S/C19H23IN2O3S/c1-26-10-9-16(17(23)21-13-6-4-5-12(20)11-13)22-18(24)14-7-2-3-8-15(14)19(22)25/h4-6,11,14-16H,2-3,7-10H2,1H3,(H,21,23). The van der Waals surface area contributed by atoms with Crippen LogP contribution in [0.4, 0.5) is 5.69 Å². The smallest absolute Gasteiger partial charge is 0.247 e. The Labute approximate surface area is 171 Å². The SMILES string of the molecule is CSCCC(C(=O)Nc1cccc(I)c1)N1C(=O)C2CCCCC2C1=O. The maximum atomic E-state index is 12.9. The highest BCUT2D eigenvalue weighted by atomic mass is 127. The van der Waals surface area contributed by atoms with Crippen molar-refractivity contribution >= 4 is 57.8 Å². The molecule has 1 saturated carbocycles. The van der Waals surface area contributed by atoms with E-state index in [4.69, 9.17) is 0 Å². The van der Waals surface area contributed by atoms with Gasteiger partial charge in [0.05, 0.1) is 11.8 Å². The van der Waals surface area contributed by atoms with Crippen LogP contribution in [-0.4, -0.2) is 40.7 Å². The fourth-order valence-corrected chi connectivity index (χ4v) is 4.90. The highest BCUT2D eigenvalue weighted by molar-refractivity contribution is 14.1. The second-order valence-corrected chi connectivity index (χ2v) is 9.07. The van der Waals surface area contributed by atoms with Gasteiger partial charge in [0.15, 0.2) is 0 Å². The Morgan fingerprint density at radius 3 is 2.50 bits per heavy atom. The van der Waals surface area contributed by atoms with Crippen LogP contribution in [0.25, 0.3) is 0 Å². The van der Waals surface area contributed by atoms with Crippen molar-refractivity contribution in [1.29, 1.82) is 0 Å². The number of benzene rings is 1. The number of amides is 3. The normalized spacial score (nSPS) is 23.7. The number of hydrogen-bond donors (Lipinski definition) is 1. The molecule has 5 nitrogen and oxygen atoms in total. The summed E-state index contributed by atoms with van der Waals surface area (Å²) in [6.07, 6.45) is 5.94. The molecule has 3 amide bonds. The number of halogens is 1. The highest BCUT2D eigenvalue weighted by Gasteiger charge is 2.51. The van der Waals surface area contributed by atoms with Crippen LogP contribution < -0.4 is 5.32 Å². The zero-order chi connectivity index (χ0) is 18.7. The first-order chi connectivity index (χ1) is 12.5. The van der Waals surface area contributed by atoms with Gasteiger partial charge in [-0.25, -0.2) is 0 Å². The Kier molecular flexibility index (Phi) is 6.60. The summed E-state index contributed by atoms with van der Waals surface area (Å²) >= 11 is 3.80. The van der Waals surface area contributed by atoms with Gasteiger partial charge in [-0.15, -0.1) is 0 Å². The van der Waals surface area contributed by atoms with Crippen molar-refractivity contribution in [1.82, 2.24) is 4.90 Å². The molecule has 1 aliphatic heterocycles. The van der Waals surface area contributed by atoms with Crippen molar-refractivity contribution in [2.45, 2.75) is 38.1 Å². The number of anilines is 1. The lowest BCUT2D eigenvalue weighted by atomic mass is 9.81. The van der Waals surface area contributed by atoms with E-state index in [1.165, 1.54) is 4.90 Å².